The second kappa shape index (κ2) is 4.15. The van der Waals surface area contributed by atoms with Gasteiger partial charge in [-0.2, -0.15) is 0 Å². The van der Waals surface area contributed by atoms with Crippen LogP contribution in [0.25, 0.3) is 0 Å². The van der Waals surface area contributed by atoms with Crippen molar-refractivity contribution in [1.29, 1.82) is 0 Å². The molecule has 0 N–H and O–H groups in total. The minimum Gasteiger partial charge on any atom is -0.599 e. The monoisotopic (exact) mass is 263 g/mol. The van der Waals surface area contributed by atoms with E-state index < -0.39 is 12.9 Å². The topological polar surface area (TPSA) is 12.2 Å². The summed E-state index contributed by atoms with van der Waals surface area (Å²) in [5.41, 5.74) is 0.737. The van der Waals surface area contributed by atoms with Crippen LogP contribution in [0.15, 0.2) is 48.5 Å². The first-order valence-corrected chi connectivity index (χ1v) is 5.74. The van der Waals surface area contributed by atoms with E-state index in [0.29, 0.717) is 5.56 Å². The molecule has 1 aliphatic rings. The maximum absolute atomic E-state index is 14.0. The molecule has 0 bridgehead atoms. The number of benzene rings is 2. The van der Waals surface area contributed by atoms with E-state index in [1.165, 1.54) is 24.4 Å². The van der Waals surface area contributed by atoms with Crippen molar-refractivity contribution in [3.63, 3.8) is 0 Å². The lowest BCUT2D eigenvalue weighted by atomic mass is 9.98. The highest BCUT2D eigenvalue weighted by Gasteiger charge is 2.49. The third kappa shape index (κ3) is 2.09. The van der Waals surface area contributed by atoms with E-state index >= 15 is 0 Å². The molecule has 0 aromatic heterocycles. The molecule has 2 aromatic rings. The predicted molar refractivity (Wildman–Crippen MR) is 66.5 cm³/mol. The third-order valence-electron chi connectivity index (χ3n) is 2.91. The van der Waals surface area contributed by atoms with Crippen molar-refractivity contribution in [3.05, 3.63) is 59.9 Å². The molecule has 19 heavy (non-hydrogen) atoms. The molecular weight excluding hydrogens is 254 g/mol. The van der Waals surface area contributed by atoms with Crippen LogP contribution in [0.3, 0.4) is 0 Å². The summed E-state index contributed by atoms with van der Waals surface area (Å²) in [5.74, 6) is -0.330. The van der Waals surface area contributed by atoms with Crippen molar-refractivity contribution in [3.8, 4) is 5.75 Å². The van der Waals surface area contributed by atoms with Gasteiger partial charge in [0.1, 0.15) is 12.0 Å². The van der Waals surface area contributed by atoms with Crippen molar-refractivity contribution in [2.45, 2.75) is 0 Å². The van der Waals surface area contributed by atoms with Gasteiger partial charge in [0.2, 0.25) is 0 Å². The average Bonchev–Trinajstić information content (AvgIpc) is 2.38. The van der Waals surface area contributed by atoms with Crippen LogP contribution in [0.5, 0.6) is 5.75 Å². The van der Waals surface area contributed by atoms with Gasteiger partial charge in [-0.3, -0.25) is 0 Å². The molecule has 0 amide bonds. The van der Waals surface area contributed by atoms with Crippen LogP contribution in [-0.2, 0) is 0 Å². The standard InChI is InChI=1S/C13H9BF3NO/c15-11-5-7-12(8-6-11)18-9-10-3-1-2-4-13(10)19-14(18,16)17/h1-9H. The quantitative estimate of drug-likeness (QED) is 0.718. The number of fused-ring (bicyclic) bond motifs is 1. The Labute approximate surface area is 107 Å². The molecule has 0 atom stereocenters. The molecule has 3 rings (SSSR count). The summed E-state index contributed by atoms with van der Waals surface area (Å²) in [6, 6.07) is 11.4. The van der Waals surface area contributed by atoms with E-state index in [-0.39, 0.29) is 11.4 Å². The third-order valence-corrected chi connectivity index (χ3v) is 2.91. The van der Waals surface area contributed by atoms with Crippen LogP contribution in [0.1, 0.15) is 5.56 Å². The summed E-state index contributed by atoms with van der Waals surface area (Å²) in [4.78, 5) is 0. The van der Waals surface area contributed by atoms with Gasteiger partial charge in [0.05, 0.1) is 11.3 Å². The van der Waals surface area contributed by atoms with E-state index in [4.69, 9.17) is 4.65 Å². The van der Waals surface area contributed by atoms with Crippen molar-refractivity contribution < 1.29 is 22.2 Å². The van der Waals surface area contributed by atoms with Crippen molar-refractivity contribution in [2.24, 2.45) is 0 Å². The summed E-state index contributed by atoms with van der Waals surface area (Å²) in [6.07, 6.45) is 1.31. The fourth-order valence-corrected chi connectivity index (χ4v) is 2.00. The number of halogens is 3. The second-order valence-corrected chi connectivity index (χ2v) is 4.23. The minimum atomic E-state index is -4.21. The highest BCUT2D eigenvalue weighted by Crippen LogP contribution is 2.30. The Balaban J connectivity index is 2.13. The van der Waals surface area contributed by atoms with Gasteiger partial charge in [0, 0.05) is 12.1 Å². The zero-order chi connectivity index (χ0) is 13.5. The van der Waals surface area contributed by atoms with Crippen molar-refractivity contribution in [1.82, 2.24) is 0 Å². The molecule has 1 heterocycles. The predicted octanol–water partition coefficient (Wildman–Crippen LogP) is 3.36. The van der Waals surface area contributed by atoms with Crippen LogP contribution in [0.4, 0.5) is 18.7 Å². The van der Waals surface area contributed by atoms with Gasteiger partial charge < -0.3 is 17.8 Å². The molecule has 6 heteroatoms. The smallest absolute Gasteiger partial charge is 0.599 e. The summed E-state index contributed by atoms with van der Waals surface area (Å²) in [6.45, 7) is 0. The zero-order valence-corrected chi connectivity index (χ0v) is 9.76. The first kappa shape index (κ1) is 11.8. The van der Waals surface area contributed by atoms with Gasteiger partial charge in [-0.1, -0.05) is 12.1 Å². The number of para-hydroxylation sites is 1. The summed E-state index contributed by atoms with van der Waals surface area (Å²) in [7, 11) is -4.21. The lowest BCUT2D eigenvalue weighted by molar-refractivity contribution is -0.343. The van der Waals surface area contributed by atoms with Gasteiger partial charge in [0.15, 0.2) is 5.69 Å². The van der Waals surface area contributed by atoms with E-state index in [0.717, 1.165) is 16.6 Å². The fourth-order valence-electron chi connectivity index (χ4n) is 2.00. The largest absolute Gasteiger partial charge is 0.834 e. The van der Waals surface area contributed by atoms with Crippen LogP contribution in [-0.4, -0.2) is 17.7 Å². The molecule has 96 valence electrons. The Morgan fingerprint density at radius 2 is 1.63 bits per heavy atom. The molecule has 1 aliphatic heterocycles. The second-order valence-electron chi connectivity index (χ2n) is 4.23. The molecule has 0 unspecified atom stereocenters. The molecular formula is C13H9BF3NO. The van der Waals surface area contributed by atoms with Crippen LogP contribution < -0.4 is 4.65 Å². The number of hydrogen-bond donors (Lipinski definition) is 0. The summed E-state index contributed by atoms with van der Waals surface area (Å²) in [5, 5.41) is 0. The molecule has 0 fully saturated rings. The Kier molecular flexibility index (Phi) is 2.59. The zero-order valence-electron chi connectivity index (χ0n) is 9.76. The SMILES string of the molecule is Fc1ccc([N+]2=Cc3ccccc3O[B-]2(F)F)cc1. The maximum atomic E-state index is 14.0. The first-order chi connectivity index (χ1) is 9.06. The Bertz CT molecular complexity index is 655. The van der Waals surface area contributed by atoms with Crippen LogP contribution in [0.2, 0.25) is 0 Å². The minimum absolute atomic E-state index is 0.144. The lowest BCUT2D eigenvalue weighted by Gasteiger charge is -2.27. The molecule has 2 nitrogen and oxygen atoms in total. The van der Waals surface area contributed by atoms with E-state index in [1.807, 2.05) is 0 Å². The van der Waals surface area contributed by atoms with Crippen LogP contribution in [0, 0.1) is 5.82 Å². The number of rotatable bonds is 1. The Morgan fingerprint density at radius 1 is 0.947 bits per heavy atom. The van der Waals surface area contributed by atoms with Gasteiger partial charge in [0.25, 0.3) is 0 Å². The maximum Gasteiger partial charge on any atom is 0.834 e. The van der Waals surface area contributed by atoms with Crippen molar-refractivity contribution in [2.75, 3.05) is 0 Å². The van der Waals surface area contributed by atoms with Gasteiger partial charge in [-0.05, 0) is 24.3 Å². The van der Waals surface area contributed by atoms with Crippen LogP contribution >= 0.6 is 0 Å². The number of nitrogens with zero attached hydrogens (tertiary/aromatic N) is 1. The molecule has 2 aromatic carbocycles. The molecule has 0 radical (unpaired) electrons. The van der Waals surface area contributed by atoms with Gasteiger partial charge in [-0.25, -0.2) is 4.39 Å². The fraction of sp³-hybridized carbons (Fsp3) is 0. The molecule has 0 saturated heterocycles. The lowest BCUT2D eigenvalue weighted by Crippen LogP contribution is -2.46. The molecule has 0 spiro atoms. The highest BCUT2D eigenvalue weighted by molar-refractivity contribution is 6.53. The van der Waals surface area contributed by atoms with Gasteiger partial charge >= 0.3 is 7.04 Å². The van der Waals surface area contributed by atoms with Crippen molar-refractivity contribution >= 4 is 18.9 Å². The molecule has 0 aliphatic carbocycles. The Morgan fingerprint density at radius 3 is 2.37 bits per heavy atom. The molecule has 0 saturated carbocycles. The van der Waals surface area contributed by atoms with E-state index in [2.05, 4.69) is 0 Å². The first-order valence-electron chi connectivity index (χ1n) is 5.74. The van der Waals surface area contributed by atoms with E-state index in [1.54, 1.807) is 18.2 Å². The normalized spacial score (nSPS) is 16.3. The Hall–Kier alpha value is -2.24. The summed E-state index contributed by atoms with van der Waals surface area (Å²) < 4.78 is 46.3. The van der Waals surface area contributed by atoms with E-state index in [9.17, 15) is 13.0 Å². The average molecular weight is 263 g/mol. The summed E-state index contributed by atoms with van der Waals surface area (Å²) >= 11 is 0. The number of hydrogen-bond acceptors (Lipinski definition) is 1. The van der Waals surface area contributed by atoms with Gasteiger partial charge in [-0.15, -0.1) is 0 Å². The highest BCUT2D eigenvalue weighted by atomic mass is 19.3.